The molecule has 0 aliphatic carbocycles. The van der Waals surface area contributed by atoms with Gasteiger partial charge in [-0.25, -0.2) is 0 Å². The minimum atomic E-state index is 0.141. The highest BCUT2D eigenvalue weighted by Crippen LogP contribution is 2.27. The number of hydrogen-bond acceptors (Lipinski definition) is 3. The van der Waals surface area contributed by atoms with E-state index in [4.69, 9.17) is 10.5 Å². The topological polar surface area (TPSA) is 48.1 Å². The number of nitrogens with zero attached hydrogens (tertiary/aromatic N) is 1. The lowest BCUT2D eigenvalue weighted by molar-refractivity contribution is 0.0584. The van der Waals surface area contributed by atoms with E-state index in [0.717, 1.165) is 26.1 Å². The van der Waals surface area contributed by atoms with E-state index in [0.29, 0.717) is 5.92 Å². The maximum absolute atomic E-state index is 6.19. The van der Waals surface area contributed by atoms with Crippen LogP contribution >= 0.6 is 0 Å². The van der Waals surface area contributed by atoms with E-state index in [1.54, 1.807) is 12.4 Å². The number of rotatable bonds is 2. The van der Waals surface area contributed by atoms with Crippen molar-refractivity contribution in [3.05, 3.63) is 30.1 Å². The Kier molecular flexibility index (Phi) is 3.11. The minimum absolute atomic E-state index is 0.141. The van der Waals surface area contributed by atoms with Crippen LogP contribution < -0.4 is 5.73 Å². The lowest BCUT2D eigenvalue weighted by Gasteiger charge is -2.27. The number of pyridine rings is 1. The van der Waals surface area contributed by atoms with Crippen LogP contribution in [0.1, 0.15) is 24.4 Å². The lowest BCUT2D eigenvalue weighted by Crippen LogP contribution is -2.27. The molecule has 0 saturated carbocycles. The van der Waals surface area contributed by atoms with E-state index in [-0.39, 0.29) is 6.04 Å². The summed E-state index contributed by atoms with van der Waals surface area (Å²) in [6.45, 7) is 1.70. The molecule has 3 nitrogen and oxygen atoms in total. The average molecular weight is 192 g/mol. The molecule has 0 amide bonds. The normalized spacial score (nSPS) is 20.6. The van der Waals surface area contributed by atoms with Crippen LogP contribution in [0.3, 0.4) is 0 Å². The zero-order chi connectivity index (χ0) is 9.80. The highest BCUT2D eigenvalue weighted by atomic mass is 16.5. The number of nitrogens with two attached hydrogens (primary N) is 1. The standard InChI is InChI=1S/C11H16N2O/c12-11(9-1-5-13-6-2-9)10-3-7-14-8-4-10/h1-2,5-6,10-11H,3-4,7-8,12H2. The van der Waals surface area contributed by atoms with Gasteiger partial charge in [0.25, 0.3) is 0 Å². The van der Waals surface area contributed by atoms with Crippen LogP contribution in [0.4, 0.5) is 0 Å². The predicted octanol–water partition coefficient (Wildman–Crippen LogP) is 1.51. The Balaban J connectivity index is 2.03. The van der Waals surface area contributed by atoms with Crippen LogP contribution in [0.15, 0.2) is 24.5 Å². The van der Waals surface area contributed by atoms with Gasteiger partial charge in [-0.05, 0) is 36.5 Å². The molecule has 1 atom stereocenters. The smallest absolute Gasteiger partial charge is 0.0469 e. The van der Waals surface area contributed by atoms with Gasteiger partial charge in [0.15, 0.2) is 0 Å². The summed E-state index contributed by atoms with van der Waals surface area (Å²) < 4.78 is 5.32. The molecule has 1 aliphatic rings. The largest absolute Gasteiger partial charge is 0.381 e. The van der Waals surface area contributed by atoms with Crippen LogP contribution in [0.2, 0.25) is 0 Å². The zero-order valence-electron chi connectivity index (χ0n) is 8.23. The first-order chi connectivity index (χ1) is 6.88. The molecule has 1 fully saturated rings. The van der Waals surface area contributed by atoms with E-state index >= 15 is 0 Å². The van der Waals surface area contributed by atoms with Crippen molar-refractivity contribution in [1.29, 1.82) is 0 Å². The first-order valence-electron chi connectivity index (χ1n) is 5.11. The Labute approximate surface area is 84.3 Å². The van der Waals surface area contributed by atoms with E-state index in [9.17, 15) is 0 Å². The van der Waals surface area contributed by atoms with Gasteiger partial charge in [0.2, 0.25) is 0 Å². The molecule has 76 valence electrons. The van der Waals surface area contributed by atoms with Gasteiger partial charge in [0.1, 0.15) is 0 Å². The molecular formula is C11H16N2O. The predicted molar refractivity (Wildman–Crippen MR) is 54.7 cm³/mol. The lowest BCUT2D eigenvalue weighted by atomic mass is 9.88. The molecule has 0 spiro atoms. The van der Waals surface area contributed by atoms with Gasteiger partial charge in [0, 0.05) is 31.6 Å². The van der Waals surface area contributed by atoms with E-state index in [1.165, 1.54) is 5.56 Å². The van der Waals surface area contributed by atoms with Crippen LogP contribution in [-0.2, 0) is 4.74 Å². The molecule has 1 aromatic heterocycles. The van der Waals surface area contributed by atoms with Crippen LogP contribution in [0, 0.1) is 5.92 Å². The molecule has 3 heteroatoms. The molecule has 0 bridgehead atoms. The third kappa shape index (κ3) is 2.11. The Morgan fingerprint density at radius 1 is 1.29 bits per heavy atom. The number of hydrogen-bond donors (Lipinski definition) is 1. The molecule has 2 rings (SSSR count). The summed E-state index contributed by atoms with van der Waals surface area (Å²) in [7, 11) is 0. The van der Waals surface area contributed by atoms with Gasteiger partial charge in [0.05, 0.1) is 0 Å². The van der Waals surface area contributed by atoms with Crippen molar-refractivity contribution < 1.29 is 4.74 Å². The Hall–Kier alpha value is -0.930. The maximum atomic E-state index is 6.19. The quantitative estimate of drug-likeness (QED) is 0.772. The van der Waals surface area contributed by atoms with E-state index < -0.39 is 0 Å². The van der Waals surface area contributed by atoms with Gasteiger partial charge in [-0.1, -0.05) is 0 Å². The fourth-order valence-electron chi connectivity index (χ4n) is 1.93. The molecule has 0 radical (unpaired) electrons. The summed E-state index contributed by atoms with van der Waals surface area (Å²) >= 11 is 0. The van der Waals surface area contributed by atoms with Gasteiger partial charge in [-0.3, -0.25) is 4.98 Å². The third-order valence-electron chi connectivity index (χ3n) is 2.86. The fraction of sp³-hybridized carbons (Fsp3) is 0.545. The van der Waals surface area contributed by atoms with Crippen LogP contribution in [0.5, 0.6) is 0 Å². The van der Waals surface area contributed by atoms with E-state index in [2.05, 4.69) is 4.98 Å². The third-order valence-corrected chi connectivity index (χ3v) is 2.86. The molecule has 14 heavy (non-hydrogen) atoms. The van der Waals surface area contributed by atoms with Crippen molar-refractivity contribution in [3.63, 3.8) is 0 Å². The summed E-state index contributed by atoms with van der Waals surface area (Å²) in [5.41, 5.74) is 7.37. The molecule has 2 heterocycles. The second-order valence-electron chi connectivity index (χ2n) is 3.76. The molecule has 0 aromatic carbocycles. The molecule has 1 unspecified atom stereocenters. The summed E-state index contributed by atoms with van der Waals surface area (Å²) in [6.07, 6.45) is 5.75. The Morgan fingerprint density at radius 3 is 2.57 bits per heavy atom. The first kappa shape index (κ1) is 9.62. The monoisotopic (exact) mass is 192 g/mol. The summed E-state index contributed by atoms with van der Waals surface area (Å²) in [5.74, 6) is 0.561. The second kappa shape index (κ2) is 4.53. The first-order valence-corrected chi connectivity index (χ1v) is 5.11. The Bertz CT molecular complexity index is 270. The van der Waals surface area contributed by atoms with Gasteiger partial charge in [-0.15, -0.1) is 0 Å². The molecular weight excluding hydrogens is 176 g/mol. The average Bonchev–Trinajstić information content (AvgIpc) is 2.30. The minimum Gasteiger partial charge on any atom is -0.381 e. The highest BCUT2D eigenvalue weighted by molar-refractivity contribution is 5.15. The number of aromatic nitrogens is 1. The van der Waals surface area contributed by atoms with Gasteiger partial charge >= 0.3 is 0 Å². The maximum Gasteiger partial charge on any atom is 0.0469 e. The Morgan fingerprint density at radius 2 is 1.93 bits per heavy atom. The van der Waals surface area contributed by atoms with Crippen molar-refractivity contribution in [2.45, 2.75) is 18.9 Å². The van der Waals surface area contributed by atoms with Gasteiger partial charge in [-0.2, -0.15) is 0 Å². The number of ether oxygens (including phenoxy) is 1. The summed E-state index contributed by atoms with van der Waals surface area (Å²) in [5, 5.41) is 0. The van der Waals surface area contributed by atoms with Crippen LogP contribution in [-0.4, -0.2) is 18.2 Å². The fourth-order valence-corrected chi connectivity index (χ4v) is 1.93. The SMILES string of the molecule is NC(c1ccncc1)C1CCOCC1. The summed E-state index contributed by atoms with van der Waals surface area (Å²) in [6, 6.07) is 4.14. The van der Waals surface area contributed by atoms with Crippen LogP contribution in [0.25, 0.3) is 0 Å². The zero-order valence-corrected chi connectivity index (χ0v) is 8.23. The summed E-state index contributed by atoms with van der Waals surface area (Å²) in [4.78, 5) is 3.99. The molecule has 1 aliphatic heterocycles. The molecule has 1 saturated heterocycles. The molecule has 1 aromatic rings. The second-order valence-corrected chi connectivity index (χ2v) is 3.76. The highest BCUT2D eigenvalue weighted by Gasteiger charge is 2.21. The van der Waals surface area contributed by atoms with Crippen molar-refractivity contribution in [2.75, 3.05) is 13.2 Å². The van der Waals surface area contributed by atoms with Gasteiger partial charge < -0.3 is 10.5 Å². The molecule has 2 N–H and O–H groups in total. The van der Waals surface area contributed by atoms with E-state index in [1.807, 2.05) is 12.1 Å². The van der Waals surface area contributed by atoms with Crippen molar-refractivity contribution in [3.8, 4) is 0 Å². The van der Waals surface area contributed by atoms with Crippen molar-refractivity contribution >= 4 is 0 Å². The van der Waals surface area contributed by atoms with Crippen molar-refractivity contribution in [2.24, 2.45) is 11.7 Å². The van der Waals surface area contributed by atoms with Crippen molar-refractivity contribution in [1.82, 2.24) is 4.98 Å².